The Bertz CT molecular complexity index is 959. The van der Waals surface area contributed by atoms with Crippen molar-refractivity contribution in [3.63, 3.8) is 0 Å². The van der Waals surface area contributed by atoms with E-state index in [9.17, 15) is 27.6 Å². The molecule has 1 aliphatic rings. The van der Waals surface area contributed by atoms with Gasteiger partial charge in [-0.2, -0.15) is 8.42 Å². The van der Waals surface area contributed by atoms with Gasteiger partial charge in [0.2, 0.25) is 5.91 Å². The Balaban J connectivity index is 1.55. The molecule has 1 aliphatic heterocycles. The van der Waals surface area contributed by atoms with Crippen LogP contribution >= 0.6 is 21.6 Å². The van der Waals surface area contributed by atoms with Gasteiger partial charge in [0.25, 0.3) is 21.9 Å². The van der Waals surface area contributed by atoms with Gasteiger partial charge in [-0.05, 0) is 22.9 Å². The molecule has 12 nitrogen and oxygen atoms in total. The lowest BCUT2D eigenvalue weighted by Crippen LogP contribution is -2.36. The summed E-state index contributed by atoms with van der Waals surface area (Å²) >= 11 is 0. The van der Waals surface area contributed by atoms with Gasteiger partial charge in [-0.3, -0.25) is 18.9 Å². The first-order chi connectivity index (χ1) is 15.6. The molecule has 2 unspecified atom stereocenters. The highest BCUT2D eigenvalue weighted by Gasteiger charge is 2.48. The zero-order valence-corrected chi connectivity index (χ0v) is 20.0. The molecular weight excluding hydrogens is 498 g/mol. The first-order valence-electron chi connectivity index (χ1n) is 9.70. The summed E-state index contributed by atoms with van der Waals surface area (Å²) in [5, 5.41) is 1.67. The Hall–Kier alpha value is -2.20. The van der Waals surface area contributed by atoms with Crippen molar-refractivity contribution in [3.05, 3.63) is 24.4 Å². The van der Waals surface area contributed by atoms with E-state index < -0.39 is 39.6 Å². The molecule has 0 bridgehead atoms. The molecule has 0 aliphatic carbocycles. The van der Waals surface area contributed by atoms with E-state index in [0.717, 1.165) is 5.03 Å². The Morgan fingerprint density at radius 2 is 2.09 bits per heavy atom. The van der Waals surface area contributed by atoms with Gasteiger partial charge in [0.15, 0.2) is 5.25 Å². The normalized spacial score (nSPS) is 17.2. The van der Waals surface area contributed by atoms with Crippen LogP contribution in [0.1, 0.15) is 26.2 Å². The molecule has 1 aromatic rings. The summed E-state index contributed by atoms with van der Waals surface area (Å²) in [6.07, 6.45) is 0.879. The Morgan fingerprint density at radius 3 is 2.73 bits per heavy atom. The lowest BCUT2D eigenvalue weighted by molar-refractivity contribution is -0.198. The van der Waals surface area contributed by atoms with E-state index >= 15 is 0 Å². The van der Waals surface area contributed by atoms with Crippen LogP contribution in [0.15, 0.2) is 29.4 Å². The second kappa shape index (κ2) is 12.9. The molecule has 0 aromatic carbocycles. The predicted octanol–water partition coefficient (Wildman–Crippen LogP) is 0.597. The lowest BCUT2D eigenvalue weighted by atomic mass is 10.3. The number of carbonyl (C=O) groups is 4. The summed E-state index contributed by atoms with van der Waals surface area (Å²) in [7, 11) is -1.75. The number of pyridine rings is 1. The molecule has 2 rings (SSSR count). The molecule has 1 aromatic heterocycles. The molecule has 3 amide bonds. The summed E-state index contributed by atoms with van der Waals surface area (Å²) in [6, 6.07) is 5.60. The first-order valence-corrected chi connectivity index (χ1v) is 13.4. The molecule has 0 spiro atoms. The van der Waals surface area contributed by atoms with E-state index in [1.165, 1.54) is 21.6 Å². The largest absolute Gasteiger partial charge is 0.379 e. The van der Waals surface area contributed by atoms with Gasteiger partial charge >= 0.3 is 5.97 Å². The molecule has 1 fully saturated rings. The topological polar surface area (TPSA) is 169 Å². The monoisotopic (exact) mass is 521 g/mol. The van der Waals surface area contributed by atoms with Crippen LogP contribution < -0.4 is 5.32 Å². The summed E-state index contributed by atoms with van der Waals surface area (Å²) in [6.45, 7) is 2.16. The molecule has 2 heterocycles. The summed E-state index contributed by atoms with van der Waals surface area (Å²) in [5.41, 5.74) is 0. The third-order valence-corrected chi connectivity index (χ3v) is 7.92. The Kier molecular flexibility index (Phi) is 10.6. The van der Waals surface area contributed by atoms with Crippen LogP contribution in [0.4, 0.5) is 0 Å². The highest BCUT2D eigenvalue weighted by atomic mass is 33.1. The molecule has 0 radical (unpaired) electrons. The molecule has 2 N–H and O–H groups in total. The van der Waals surface area contributed by atoms with Crippen molar-refractivity contribution < 1.29 is 41.7 Å². The van der Waals surface area contributed by atoms with Crippen molar-refractivity contribution in [2.45, 2.75) is 41.7 Å². The second-order valence-corrected chi connectivity index (χ2v) is 11.0. The van der Waals surface area contributed by atoms with Crippen LogP contribution in [-0.2, 0) is 38.9 Å². The maximum atomic E-state index is 11.9. The first kappa shape index (κ1) is 27.0. The fraction of sp³-hybridized carbons (Fsp3) is 0.500. The van der Waals surface area contributed by atoms with Crippen molar-refractivity contribution in [2.75, 3.05) is 19.8 Å². The number of nitrogens with zero attached hydrogens (tertiary/aromatic N) is 2. The van der Waals surface area contributed by atoms with Crippen molar-refractivity contribution in [1.82, 2.24) is 15.4 Å². The molecular formula is C18H23N3O9S3. The predicted molar refractivity (Wildman–Crippen MR) is 118 cm³/mol. The lowest BCUT2D eigenvalue weighted by Gasteiger charge is -2.13. The smallest absolute Gasteiger partial charge is 0.335 e. The quantitative estimate of drug-likeness (QED) is 0.161. The second-order valence-electron chi connectivity index (χ2n) is 6.77. The van der Waals surface area contributed by atoms with Crippen molar-refractivity contribution in [3.8, 4) is 0 Å². The molecule has 33 heavy (non-hydrogen) atoms. The van der Waals surface area contributed by atoms with E-state index in [0.29, 0.717) is 6.42 Å². The van der Waals surface area contributed by atoms with E-state index in [1.54, 1.807) is 6.20 Å². The SMILES string of the molecule is CC(CC(=O)NCCOCCC(=O)ON1C(=O)CC(S(=O)(=O)O)C1=O)SSc1ccccn1. The highest BCUT2D eigenvalue weighted by molar-refractivity contribution is 8.76. The van der Waals surface area contributed by atoms with Gasteiger partial charge < -0.3 is 14.9 Å². The minimum Gasteiger partial charge on any atom is -0.379 e. The standard InChI is InChI=1S/C18H23N3O9S3/c1-12(31-32-15-4-2-3-6-20-15)10-14(22)19-7-9-29-8-5-17(24)30-21-16(23)11-13(18(21)25)33(26,27)28/h2-4,6,12-13H,5,7-11H2,1H3,(H,19,22)(H,26,27,28). The van der Waals surface area contributed by atoms with Gasteiger partial charge in [0, 0.05) is 24.4 Å². The highest BCUT2D eigenvalue weighted by Crippen LogP contribution is 2.33. The van der Waals surface area contributed by atoms with Gasteiger partial charge in [0.1, 0.15) is 5.03 Å². The van der Waals surface area contributed by atoms with E-state index in [2.05, 4.69) is 15.1 Å². The Labute approximate surface area is 198 Å². The van der Waals surface area contributed by atoms with Crippen LogP contribution in [0.5, 0.6) is 0 Å². The molecule has 1 saturated heterocycles. The number of nitrogens with one attached hydrogen (secondary N) is 1. The van der Waals surface area contributed by atoms with E-state index in [1.807, 2.05) is 25.1 Å². The molecule has 182 valence electrons. The van der Waals surface area contributed by atoms with Crippen LogP contribution in [0.2, 0.25) is 0 Å². The van der Waals surface area contributed by atoms with Crippen molar-refractivity contribution in [2.24, 2.45) is 0 Å². The average molecular weight is 522 g/mol. The third kappa shape index (κ3) is 9.29. The maximum absolute atomic E-state index is 11.9. The van der Waals surface area contributed by atoms with E-state index in [4.69, 9.17) is 9.29 Å². The van der Waals surface area contributed by atoms with Gasteiger partial charge in [0.05, 0.1) is 26.1 Å². The number of hydroxylamine groups is 2. The van der Waals surface area contributed by atoms with Crippen LogP contribution in [0, 0.1) is 0 Å². The van der Waals surface area contributed by atoms with Gasteiger partial charge in [-0.1, -0.05) is 23.8 Å². The molecule has 15 heteroatoms. The number of aromatic nitrogens is 1. The number of imide groups is 1. The van der Waals surface area contributed by atoms with Crippen LogP contribution in [0.3, 0.4) is 0 Å². The average Bonchev–Trinajstić information content (AvgIpc) is 3.04. The summed E-state index contributed by atoms with van der Waals surface area (Å²) < 4.78 is 36.2. The number of ether oxygens (including phenoxy) is 1. The summed E-state index contributed by atoms with van der Waals surface area (Å²) in [4.78, 5) is 55.8. The maximum Gasteiger partial charge on any atom is 0.335 e. The van der Waals surface area contributed by atoms with Gasteiger partial charge in [-0.25, -0.2) is 9.78 Å². The fourth-order valence-corrected chi connectivity index (χ4v) is 5.19. The number of rotatable bonds is 13. The summed E-state index contributed by atoms with van der Waals surface area (Å²) in [5.74, 6) is -3.53. The number of hydrogen-bond acceptors (Lipinski definition) is 11. The number of hydrogen-bond donors (Lipinski definition) is 2. The minimum atomic E-state index is -4.78. The molecule has 2 atom stereocenters. The number of amides is 3. The third-order valence-electron chi connectivity index (χ3n) is 4.04. The minimum absolute atomic E-state index is 0.0340. The van der Waals surface area contributed by atoms with Crippen molar-refractivity contribution >= 4 is 55.4 Å². The van der Waals surface area contributed by atoms with Crippen molar-refractivity contribution in [1.29, 1.82) is 0 Å². The van der Waals surface area contributed by atoms with Crippen LogP contribution in [0.25, 0.3) is 0 Å². The van der Waals surface area contributed by atoms with Crippen LogP contribution in [-0.4, -0.2) is 77.0 Å². The van der Waals surface area contributed by atoms with E-state index in [-0.39, 0.29) is 42.4 Å². The molecule has 0 saturated carbocycles. The van der Waals surface area contributed by atoms with Gasteiger partial charge in [-0.15, -0.1) is 5.06 Å². The fourth-order valence-electron chi connectivity index (χ4n) is 2.47. The Morgan fingerprint density at radius 1 is 1.33 bits per heavy atom. The zero-order valence-electron chi connectivity index (χ0n) is 17.5. The number of carbonyl (C=O) groups excluding carboxylic acids is 4. The zero-order chi connectivity index (χ0) is 24.4.